The fourth-order valence-electron chi connectivity index (χ4n) is 4.36. The SMILES string of the molecule is Cc1cc2ncc3c(n2n1)C[C@H]1CC[C@@H]3N1C(=O)c1oc(C)nc1C. The molecule has 0 aliphatic carbocycles. The van der Waals surface area contributed by atoms with Crippen molar-refractivity contribution in [2.45, 2.75) is 52.1 Å². The van der Waals surface area contributed by atoms with E-state index in [1.54, 1.807) is 6.92 Å². The number of carbonyl (C=O) groups excluding carboxylic acids is 1. The van der Waals surface area contributed by atoms with E-state index in [-0.39, 0.29) is 18.0 Å². The summed E-state index contributed by atoms with van der Waals surface area (Å²) in [4.78, 5) is 23.9. The van der Waals surface area contributed by atoms with Gasteiger partial charge >= 0.3 is 0 Å². The summed E-state index contributed by atoms with van der Waals surface area (Å²) in [6.45, 7) is 5.56. The molecule has 3 aromatic heterocycles. The molecule has 1 amide bonds. The van der Waals surface area contributed by atoms with Crippen molar-refractivity contribution >= 4 is 11.6 Å². The highest BCUT2D eigenvalue weighted by molar-refractivity contribution is 5.93. The highest BCUT2D eigenvalue weighted by Gasteiger charge is 2.45. The Labute approximate surface area is 144 Å². The van der Waals surface area contributed by atoms with Crippen molar-refractivity contribution in [1.29, 1.82) is 0 Å². The molecule has 0 aromatic carbocycles. The zero-order valence-corrected chi connectivity index (χ0v) is 14.5. The van der Waals surface area contributed by atoms with Crippen LogP contribution in [0.4, 0.5) is 0 Å². The summed E-state index contributed by atoms with van der Waals surface area (Å²) in [7, 11) is 0. The Morgan fingerprint density at radius 1 is 1.28 bits per heavy atom. The molecule has 2 aliphatic rings. The zero-order chi connectivity index (χ0) is 17.3. The molecule has 128 valence electrons. The van der Waals surface area contributed by atoms with Crippen LogP contribution in [-0.2, 0) is 6.42 Å². The lowest BCUT2D eigenvalue weighted by Gasteiger charge is -2.35. The van der Waals surface area contributed by atoms with Gasteiger partial charge in [-0.15, -0.1) is 0 Å². The standard InChI is InChI=1S/C18H19N5O2/c1-9-6-16-19-8-13-14-5-4-12(7-15(13)23(16)21-9)22(14)18(24)17-10(2)20-11(3)25-17/h6,8,12,14H,4-5,7H2,1-3H3/t12-,14+/m1/s1. The maximum absolute atomic E-state index is 13.1. The van der Waals surface area contributed by atoms with E-state index < -0.39 is 0 Å². The zero-order valence-electron chi connectivity index (χ0n) is 14.5. The molecule has 0 saturated carbocycles. The van der Waals surface area contributed by atoms with Gasteiger partial charge in [0.2, 0.25) is 5.76 Å². The first-order valence-electron chi connectivity index (χ1n) is 8.64. The summed E-state index contributed by atoms with van der Waals surface area (Å²) in [5.41, 5.74) is 4.77. The van der Waals surface area contributed by atoms with E-state index in [0.717, 1.165) is 36.2 Å². The fourth-order valence-corrected chi connectivity index (χ4v) is 4.36. The summed E-state index contributed by atoms with van der Waals surface area (Å²) >= 11 is 0. The van der Waals surface area contributed by atoms with Crippen molar-refractivity contribution in [3.05, 3.63) is 46.6 Å². The molecule has 25 heavy (non-hydrogen) atoms. The van der Waals surface area contributed by atoms with Crippen molar-refractivity contribution in [3.63, 3.8) is 0 Å². The first-order chi connectivity index (χ1) is 12.0. The van der Waals surface area contributed by atoms with E-state index in [2.05, 4.69) is 15.1 Å². The second-order valence-electron chi connectivity index (χ2n) is 7.03. The minimum Gasteiger partial charge on any atom is -0.436 e. The van der Waals surface area contributed by atoms with Crippen molar-refractivity contribution in [2.24, 2.45) is 0 Å². The van der Waals surface area contributed by atoms with Crippen LogP contribution in [0.3, 0.4) is 0 Å². The lowest BCUT2D eigenvalue weighted by molar-refractivity contribution is 0.0607. The minimum atomic E-state index is -0.0620. The molecular weight excluding hydrogens is 318 g/mol. The van der Waals surface area contributed by atoms with Crippen molar-refractivity contribution < 1.29 is 9.21 Å². The van der Waals surface area contributed by atoms with Gasteiger partial charge in [0.15, 0.2) is 11.5 Å². The van der Waals surface area contributed by atoms with E-state index in [1.165, 1.54) is 5.69 Å². The van der Waals surface area contributed by atoms with Gasteiger partial charge in [0, 0.05) is 37.2 Å². The van der Waals surface area contributed by atoms with Gasteiger partial charge in [0.25, 0.3) is 5.91 Å². The van der Waals surface area contributed by atoms with Crippen LogP contribution < -0.4 is 0 Å². The quantitative estimate of drug-likeness (QED) is 0.682. The number of nitrogens with zero attached hydrogens (tertiary/aromatic N) is 5. The van der Waals surface area contributed by atoms with Crippen LogP contribution >= 0.6 is 0 Å². The molecule has 1 saturated heterocycles. The molecule has 2 atom stereocenters. The number of hydrogen-bond acceptors (Lipinski definition) is 5. The van der Waals surface area contributed by atoms with Gasteiger partial charge in [-0.05, 0) is 26.7 Å². The Kier molecular flexibility index (Phi) is 2.87. The molecular formula is C18H19N5O2. The monoisotopic (exact) mass is 337 g/mol. The minimum absolute atomic E-state index is 0.0347. The third-order valence-corrected chi connectivity index (χ3v) is 5.36. The topological polar surface area (TPSA) is 76.5 Å². The average Bonchev–Trinajstić information content (AvgIpc) is 3.21. The lowest BCUT2D eigenvalue weighted by atomic mass is 9.98. The predicted octanol–water partition coefficient (Wildman–Crippen LogP) is 2.54. The van der Waals surface area contributed by atoms with Crippen molar-refractivity contribution in [2.75, 3.05) is 0 Å². The number of carbonyl (C=O) groups is 1. The molecule has 2 aliphatic heterocycles. The van der Waals surface area contributed by atoms with Crippen LogP contribution in [0.2, 0.25) is 0 Å². The van der Waals surface area contributed by atoms with Crippen LogP contribution in [-0.4, -0.2) is 36.4 Å². The summed E-state index contributed by atoms with van der Waals surface area (Å²) < 4.78 is 7.53. The molecule has 7 heteroatoms. The third-order valence-electron chi connectivity index (χ3n) is 5.36. The molecule has 0 radical (unpaired) electrons. The summed E-state index contributed by atoms with van der Waals surface area (Å²) in [6.07, 6.45) is 4.64. The number of aryl methyl sites for hydroxylation is 3. The molecule has 2 bridgehead atoms. The Bertz CT molecular complexity index is 1020. The molecule has 0 unspecified atom stereocenters. The van der Waals surface area contributed by atoms with E-state index >= 15 is 0 Å². The van der Waals surface area contributed by atoms with E-state index in [1.807, 2.05) is 35.5 Å². The fraction of sp³-hybridized carbons (Fsp3) is 0.444. The molecule has 0 spiro atoms. The largest absolute Gasteiger partial charge is 0.436 e. The second kappa shape index (κ2) is 4.91. The predicted molar refractivity (Wildman–Crippen MR) is 89.3 cm³/mol. The number of hydrogen-bond donors (Lipinski definition) is 0. The van der Waals surface area contributed by atoms with Crippen LogP contribution in [0.25, 0.3) is 5.65 Å². The van der Waals surface area contributed by atoms with E-state index in [0.29, 0.717) is 17.3 Å². The summed E-state index contributed by atoms with van der Waals surface area (Å²) in [6, 6.07) is 2.19. The van der Waals surface area contributed by atoms with E-state index in [4.69, 9.17) is 4.42 Å². The summed E-state index contributed by atoms with van der Waals surface area (Å²) in [5, 5.41) is 4.59. The van der Waals surface area contributed by atoms with Gasteiger partial charge in [0.05, 0.1) is 23.1 Å². The van der Waals surface area contributed by atoms with Gasteiger partial charge in [-0.3, -0.25) is 4.79 Å². The molecule has 3 aromatic rings. The molecule has 1 fully saturated rings. The smallest absolute Gasteiger partial charge is 0.292 e. The van der Waals surface area contributed by atoms with Gasteiger partial charge in [-0.25, -0.2) is 14.5 Å². The Balaban J connectivity index is 1.60. The van der Waals surface area contributed by atoms with Crippen LogP contribution in [0.15, 0.2) is 16.7 Å². The normalized spacial score (nSPS) is 21.8. The number of aromatic nitrogens is 4. The van der Waals surface area contributed by atoms with E-state index in [9.17, 15) is 4.79 Å². The highest BCUT2D eigenvalue weighted by Crippen LogP contribution is 2.44. The summed E-state index contributed by atoms with van der Waals surface area (Å²) in [5.74, 6) is 0.829. The average molecular weight is 337 g/mol. The highest BCUT2D eigenvalue weighted by atomic mass is 16.4. The van der Waals surface area contributed by atoms with Gasteiger partial charge in [-0.1, -0.05) is 0 Å². The van der Waals surface area contributed by atoms with Crippen molar-refractivity contribution in [1.82, 2.24) is 24.5 Å². The first-order valence-corrected chi connectivity index (χ1v) is 8.64. The maximum Gasteiger partial charge on any atom is 0.292 e. The first kappa shape index (κ1) is 14.6. The second-order valence-corrected chi connectivity index (χ2v) is 7.03. The number of amides is 1. The number of oxazole rings is 1. The van der Waals surface area contributed by atoms with Crippen LogP contribution in [0.1, 0.15) is 58.0 Å². The van der Waals surface area contributed by atoms with Gasteiger partial charge in [-0.2, -0.15) is 5.10 Å². The number of fused-ring (bicyclic) bond motifs is 6. The van der Waals surface area contributed by atoms with Crippen molar-refractivity contribution in [3.8, 4) is 0 Å². The van der Waals surface area contributed by atoms with Gasteiger partial charge in [0.1, 0.15) is 0 Å². The molecule has 7 nitrogen and oxygen atoms in total. The maximum atomic E-state index is 13.1. The Morgan fingerprint density at radius 2 is 2.12 bits per heavy atom. The number of rotatable bonds is 1. The van der Waals surface area contributed by atoms with Crippen LogP contribution in [0, 0.1) is 20.8 Å². The molecule has 5 rings (SSSR count). The molecule has 5 heterocycles. The Hall–Kier alpha value is -2.70. The third kappa shape index (κ3) is 1.98. The van der Waals surface area contributed by atoms with Crippen LogP contribution in [0.5, 0.6) is 0 Å². The lowest BCUT2D eigenvalue weighted by Crippen LogP contribution is -2.42. The van der Waals surface area contributed by atoms with Gasteiger partial charge < -0.3 is 9.32 Å². The Morgan fingerprint density at radius 3 is 2.88 bits per heavy atom. The molecule has 0 N–H and O–H groups in total.